The summed E-state index contributed by atoms with van der Waals surface area (Å²) in [6, 6.07) is 0. The molecule has 2 heterocycles. The maximum atomic E-state index is 5.73. The van der Waals surface area contributed by atoms with E-state index in [1.165, 1.54) is 32.6 Å². The van der Waals surface area contributed by atoms with Gasteiger partial charge in [-0.1, -0.05) is 0 Å². The zero-order valence-electron chi connectivity index (χ0n) is 17.3. The Morgan fingerprint density at radius 1 is 1.15 bits per heavy atom. The highest BCUT2D eigenvalue weighted by molar-refractivity contribution is 14.0. The van der Waals surface area contributed by atoms with Crippen LogP contribution in [-0.2, 0) is 9.47 Å². The quantitative estimate of drug-likeness (QED) is 0.205. The van der Waals surface area contributed by atoms with Crippen molar-refractivity contribution in [2.24, 2.45) is 10.9 Å². The summed E-state index contributed by atoms with van der Waals surface area (Å²) in [5, 5.41) is 6.78. The van der Waals surface area contributed by atoms with E-state index in [9.17, 15) is 0 Å². The van der Waals surface area contributed by atoms with Crippen molar-refractivity contribution in [2.75, 3.05) is 86.3 Å². The lowest BCUT2D eigenvalue weighted by molar-refractivity contribution is 0.0888. The zero-order chi connectivity index (χ0) is 18.5. The smallest absolute Gasteiger partial charge is 0.190 e. The number of aliphatic imine (C=N–C) groups is 1. The van der Waals surface area contributed by atoms with Crippen molar-refractivity contribution < 1.29 is 9.47 Å². The maximum absolute atomic E-state index is 5.73. The van der Waals surface area contributed by atoms with Gasteiger partial charge in [0.05, 0.1) is 13.2 Å². The molecule has 2 aliphatic heterocycles. The van der Waals surface area contributed by atoms with Crippen molar-refractivity contribution >= 4 is 29.9 Å². The van der Waals surface area contributed by atoms with Crippen molar-refractivity contribution in [3.8, 4) is 0 Å². The van der Waals surface area contributed by atoms with Gasteiger partial charge in [-0.15, -0.1) is 24.0 Å². The van der Waals surface area contributed by atoms with Crippen LogP contribution in [-0.4, -0.2) is 102 Å². The standard InChI is InChI=1S/C19H39N5O2.HI/c1-20-19(22-8-4-14-25-16-18-6-15-26-17-18)21-7-3-10-24-11-5-9-23(2)12-13-24;/h18H,3-17H2,1-2H3,(H2,20,21,22);1H. The second-order valence-electron chi connectivity index (χ2n) is 7.44. The van der Waals surface area contributed by atoms with Crippen LogP contribution in [0.5, 0.6) is 0 Å². The highest BCUT2D eigenvalue weighted by Gasteiger charge is 2.15. The van der Waals surface area contributed by atoms with E-state index in [1.54, 1.807) is 0 Å². The van der Waals surface area contributed by atoms with Gasteiger partial charge in [-0.3, -0.25) is 4.99 Å². The van der Waals surface area contributed by atoms with Gasteiger partial charge in [0, 0.05) is 52.4 Å². The molecule has 2 N–H and O–H groups in total. The third-order valence-electron chi connectivity index (χ3n) is 5.11. The molecule has 0 saturated carbocycles. The molecule has 27 heavy (non-hydrogen) atoms. The first-order valence-electron chi connectivity index (χ1n) is 10.3. The summed E-state index contributed by atoms with van der Waals surface area (Å²) in [4.78, 5) is 9.30. The highest BCUT2D eigenvalue weighted by atomic mass is 127. The number of hydrogen-bond acceptors (Lipinski definition) is 5. The molecule has 0 aromatic carbocycles. The van der Waals surface area contributed by atoms with Gasteiger partial charge in [0.1, 0.15) is 0 Å². The van der Waals surface area contributed by atoms with Crippen LogP contribution in [0.15, 0.2) is 4.99 Å². The number of guanidine groups is 1. The number of rotatable bonds is 10. The van der Waals surface area contributed by atoms with Gasteiger partial charge in [0.2, 0.25) is 0 Å². The predicted molar refractivity (Wildman–Crippen MR) is 122 cm³/mol. The molecule has 0 radical (unpaired) electrons. The fourth-order valence-electron chi connectivity index (χ4n) is 3.40. The summed E-state index contributed by atoms with van der Waals surface area (Å²) in [5.74, 6) is 1.49. The minimum atomic E-state index is 0. The first kappa shape index (κ1) is 24.9. The molecule has 8 heteroatoms. The summed E-state index contributed by atoms with van der Waals surface area (Å²) in [5.41, 5.74) is 0. The summed E-state index contributed by atoms with van der Waals surface area (Å²) in [7, 11) is 4.05. The molecule has 2 fully saturated rings. The molecular formula is C19H40IN5O2. The lowest BCUT2D eigenvalue weighted by atomic mass is 10.1. The topological polar surface area (TPSA) is 61.4 Å². The minimum Gasteiger partial charge on any atom is -0.381 e. The van der Waals surface area contributed by atoms with E-state index in [0.717, 1.165) is 71.3 Å². The molecular weight excluding hydrogens is 457 g/mol. The molecule has 0 bridgehead atoms. The van der Waals surface area contributed by atoms with Crippen LogP contribution in [0.25, 0.3) is 0 Å². The number of halogens is 1. The van der Waals surface area contributed by atoms with E-state index >= 15 is 0 Å². The molecule has 2 rings (SSSR count). The van der Waals surface area contributed by atoms with E-state index in [1.807, 2.05) is 7.05 Å². The Hall–Kier alpha value is -0.160. The fraction of sp³-hybridized carbons (Fsp3) is 0.947. The van der Waals surface area contributed by atoms with Crippen molar-refractivity contribution in [3.63, 3.8) is 0 Å². The van der Waals surface area contributed by atoms with Gasteiger partial charge in [-0.25, -0.2) is 0 Å². The predicted octanol–water partition coefficient (Wildman–Crippen LogP) is 1.24. The largest absolute Gasteiger partial charge is 0.381 e. The minimum absolute atomic E-state index is 0. The van der Waals surface area contributed by atoms with Crippen LogP contribution in [0.1, 0.15) is 25.7 Å². The summed E-state index contributed by atoms with van der Waals surface area (Å²) in [6.45, 7) is 11.2. The van der Waals surface area contributed by atoms with Crippen LogP contribution in [0.4, 0.5) is 0 Å². The Balaban J connectivity index is 0.00000364. The van der Waals surface area contributed by atoms with Gasteiger partial charge < -0.3 is 29.9 Å². The second-order valence-corrected chi connectivity index (χ2v) is 7.44. The number of likely N-dealkylation sites (N-methyl/N-ethyl adjacent to an activating group) is 1. The van der Waals surface area contributed by atoms with Gasteiger partial charge in [0.15, 0.2) is 5.96 Å². The average Bonchev–Trinajstić information content (AvgIpc) is 3.08. The Kier molecular flexibility index (Phi) is 14.5. The van der Waals surface area contributed by atoms with Crippen LogP contribution in [0.2, 0.25) is 0 Å². The highest BCUT2D eigenvalue weighted by Crippen LogP contribution is 2.12. The van der Waals surface area contributed by atoms with E-state index in [4.69, 9.17) is 9.47 Å². The summed E-state index contributed by atoms with van der Waals surface area (Å²) in [6.07, 6.45) is 4.57. The van der Waals surface area contributed by atoms with E-state index < -0.39 is 0 Å². The molecule has 2 aliphatic rings. The fourth-order valence-corrected chi connectivity index (χ4v) is 3.40. The Morgan fingerprint density at radius 2 is 1.96 bits per heavy atom. The van der Waals surface area contributed by atoms with Crippen LogP contribution >= 0.6 is 24.0 Å². The third-order valence-corrected chi connectivity index (χ3v) is 5.11. The molecule has 0 aromatic rings. The van der Waals surface area contributed by atoms with Crippen LogP contribution < -0.4 is 10.6 Å². The van der Waals surface area contributed by atoms with Gasteiger partial charge in [0.25, 0.3) is 0 Å². The second kappa shape index (κ2) is 15.7. The maximum Gasteiger partial charge on any atom is 0.190 e. The van der Waals surface area contributed by atoms with Crippen molar-refractivity contribution in [2.45, 2.75) is 25.7 Å². The average molecular weight is 497 g/mol. The molecule has 1 unspecified atom stereocenters. The van der Waals surface area contributed by atoms with Crippen LogP contribution in [0, 0.1) is 5.92 Å². The molecule has 1 atom stereocenters. The number of ether oxygens (including phenoxy) is 2. The molecule has 0 aliphatic carbocycles. The molecule has 0 spiro atoms. The van der Waals surface area contributed by atoms with Crippen molar-refractivity contribution in [1.29, 1.82) is 0 Å². The van der Waals surface area contributed by atoms with Crippen LogP contribution in [0.3, 0.4) is 0 Å². The summed E-state index contributed by atoms with van der Waals surface area (Å²) < 4.78 is 11.1. The third kappa shape index (κ3) is 11.4. The Morgan fingerprint density at radius 3 is 2.70 bits per heavy atom. The van der Waals surface area contributed by atoms with Gasteiger partial charge in [-0.05, 0) is 52.4 Å². The summed E-state index contributed by atoms with van der Waals surface area (Å²) >= 11 is 0. The number of nitrogens with zero attached hydrogens (tertiary/aromatic N) is 3. The van der Waals surface area contributed by atoms with Gasteiger partial charge in [-0.2, -0.15) is 0 Å². The zero-order valence-corrected chi connectivity index (χ0v) is 19.6. The molecule has 0 amide bonds. The Labute approximate surface area is 182 Å². The van der Waals surface area contributed by atoms with Gasteiger partial charge >= 0.3 is 0 Å². The lowest BCUT2D eigenvalue weighted by Gasteiger charge is -2.20. The van der Waals surface area contributed by atoms with Crippen molar-refractivity contribution in [3.05, 3.63) is 0 Å². The van der Waals surface area contributed by atoms with E-state index in [0.29, 0.717) is 5.92 Å². The Bertz CT molecular complexity index is 394. The molecule has 0 aromatic heterocycles. The molecule has 2 saturated heterocycles. The first-order valence-corrected chi connectivity index (χ1v) is 10.3. The first-order chi connectivity index (χ1) is 12.8. The number of nitrogens with one attached hydrogen (secondary N) is 2. The SMILES string of the molecule is CN=C(NCCCOCC1CCOC1)NCCCN1CCCN(C)CC1.I. The normalized spacial score (nSPS) is 22.3. The van der Waals surface area contributed by atoms with E-state index in [-0.39, 0.29) is 24.0 Å². The van der Waals surface area contributed by atoms with E-state index in [2.05, 4.69) is 32.5 Å². The lowest BCUT2D eigenvalue weighted by Crippen LogP contribution is -2.39. The van der Waals surface area contributed by atoms with Crippen molar-refractivity contribution in [1.82, 2.24) is 20.4 Å². The molecule has 160 valence electrons. The monoisotopic (exact) mass is 497 g/mol. The number of hydrogen-bond donors (Lipinski definition) is 2. The molecule has 7 nitrogen and oxygen atoms in total.